The highest BCUT2D eigenvalue weighted by Crippen LogP contribution is 2.17. The molecule has 2 unspecified atom stereocenters. The summed E-state index contributed by atoms with van der Waals surface area (Å²) in [6.45, 7) is 7.91. The molecule has 3 nitrogen and oxygen atoms in total. The van der Waals surface area contributed by atoms with Crippen molar-refractivity contribution in [3.8, 4) is 0 Å². The SMILES string of the molecule is CC(=CC(C)CC(C)C(=O)O)CC/C=C(\C)CO. The molecule has 2 N–H and O–H groups in total. The molecule has 0 bridgehead atoms. The molecular formula is C15H26O3. The van der Waals surface area contributed by atoms with Crippen molar-refractivity contribution in [3.63, 3.8) is 0 Å². The summed E-state index contributed by atoms with van der Waals surface area (Å²) >= 11 is 0. The van der Waals surface area contributed by atoms with Crippen molar-refractivity contribution in [3.05, 3.63) is 23.3 Å². The number of carboxylic acids is 1. The van der Waals surface area contributed by atoms with Crippen molar-refractivity contribution in [2.75, 3.05) is 6.61 Å². The Morgan fingerprint density at radius 2 is 1.83 bits per heavy atom. The smallest absolute Gasteiger partial charge is 0.306 e. The van der Waals surface area contributed by atoms with Crippen LogP contribution in [0.2, 0.25) is 0 Å². The Bertz CT molecular complexity index is 316. The van der Waals surface area contributed by atoms with E-state index in [1.807, 2.05) is 13.0 Å². The molecule has 0 aromatic heterocycles. The van der Waals surface area contributed by atoms with Gasteiger partial charge >= 0.3 is 5.97 Å². The van der Waals surface area contributed by atoms with Crippen molar-refractivity contribution in [2.45, 2.75) is 47.0 Å². The summed E-state index contributed by atoms with van der Waals surface area (Å²) in [5.41, 5.74) is 2.28. The zero-order chi connectivity index (χ0) is 14.1. The van der Waals surface area contributed by atoms with Crippen LogP contribution in [0.25, 0.3) is 0 Å². The van der Waals surface area contributed by atoms with Crippen molar-refractivity contribution in [1.82, 2.24) is 0 Å². The zero-order valence-corrected chi connectivity index (χ0v) is 11.9. The molecule has 0 spiro atoms. The van der Waals surface area contributed by atoms with Crippen molar-refractivity contribution in [1.29, 1.82) is 0 Å². The molecule has 3 heteroatoms. The van der Waals surface area contributed by atoms with E-state index in [1.165, 1.54) is 5.57 Å². The van der Waals surface area contributed by atoms with Gasteiger partial charge in [-0.15, -0.1) is 0 Å². The number of carbonyl (C=O) groups is 1. The molecule has 0 aromatic carbocycles. The standard InChI is InChI=1S/C15H26O3/c1-11(6-5-7-12(2)10-16)8-13(3)9-14(4)15(17)18/h7-8,13-14,16H,5-6,9-10H2,1-4H3,(H,17,18)/b11-8?,12-7+. The normalized spacial score (nSPS) is 16.5. The first-order valence-electron chi connectivity index (χ1n) is 6.53. The number of rotatable bonds is 8. The molecule has 0 aliphatic carbocycles. The largest absolute Gasteiger partial charge is 0.481 e. The van der Waals surface area contributed by atoms with Crippen LogP contribution in [0, 0.1) is 11.8 Å². The number of allylic oxidation sites excluding steroid dienone is 3. The second kappa shape index (κ2) is 8.92. The van der Waals surface area contributed by atoms with Gasteiger partial charge in [-0.05, 0) is 39.0 Å². The van der Waals surface area contributed by atoms with E-state index < -0.39 is 5.97 Å². The number of hydrogen-bond acceptors (Lipinski definition) is 2. The summed E-state index contributed by atoms with van der Waals surface area (Å²) in [6, 6.07) is 0. The van der Waals surface area contributed by atoms with Crippen LogP contribution < -0.4 is 0 Å². The lowest BCUT2D eigenvalue weighted by atomic mass is 9.95. The predicted octanol–water partition coefficient (Wildman–Crippen LogP) is 3.40. The van der Waals surface area contributed by atoms with Gasteiger partial charge in [-0.1, -0.05) is 37.1 Å². The Kier molecular flexibility index (Phi) is 8.38. The Morgan fingerprint density at radius 1 is 1.22 bits per heavy atom. The minimum Gasteiger partial charge on any atom is -0.481 e. The zero-order valence-electron chi connectivity index (χ0n) is 11.9. The lowest BCUT2D eigenvalue weighted by Crippen LogP contribution is -2.12. The molecule has 2 atom stereocenters. The van der Waals surface area contributed by atoms with Crippen LogP contribution in [-0.4, -0.2) is 22.8 Å². The van der Waals surface area contributed by atoms with Gasteiger partial charge in [0.1, 0.15) is 0 Å². The molecule has 0 aliphatic heterocycles. The number of aliphatic carboxylic acids is 1. The third-order valence-electron chi connectivity index (χ3n) is 3.00. The summed E-state index contributed by atoms with van der Waals surface area (Å²) in [4.78, 5) is 10.7. The molecule has 0 radical (unpaired) electrons. The lowest BCUT2D eigenvalue weighted by Gasteiger charge is -2.11. The highest BCUT2D eigenvalue weighted by atomic mass is 16.4. The van der Waals surface area contributed by atoms with Gasteiger partial charge in [0.15, 0.2) is 0 Å². The van der Waals surface area contributed by atoms with Crippen LogP contribution >= 0.6 is 0 Å². The van der Waals surface area contributed by atoms with E-state index in [1.54, 1.807) is 6.92 Å². The minimum atomic E-state index is -0.727. The first-order valence-corrected chi connectivity index (χ1v) is 6.53. The summed E-state index contributed by atoms with van der Waals surface area (Å²) in [6.07, 6.45) is 6.76. The monoisotopic (exact) mass is 254 g/mol. The maximum absolute atomic E-state index is 10.7. The average Bonchev–Trinajstić information content (AvgIpc) is 2.28. The second-order valence-electron chi connectivity index (χ2n) is 5.21. The lowest BCUT2D eigenvalue weighted by molar-refractivity contribution is -0.141. The fraction of sp³-hybridized carbons (Fsp3) is 0.667. The number of aliphatic hydroxyl groups is 1. The van der Waals surface area contributed by atoms with Gasteiger partial charge in [-0.25, -0.2) is 0 Å². The second-order valence-corrected chi connectivity index (χ2v) is 5.21. The molecule has 0 rings (SSSR count). The van der Waals surface area contributed by atoms with E-state index in [2.05, 4.69) is 19.9 Å². The van der Waals surface area contributed by atoms with Gasteiger partial charge in [0.25, 0.3) is 0 Å². The van der Waals surface area contributed by atoms with Gasteiger partial charge in [0.05, 0.1) is 12.5 Å². The van der Waals surface area contributed by atoms with Crippen LogP contribution in [0.15, 0.2) is 23.3 Å². The Hall–Kier alpha value is -1.09. The van der Waals surface area contributed by atoms with Gasteiger partial charge < -0.3 is 10.2 Å². The van der Waals surface area contributed by atoms with Gasteiger partial charge in [0.2, 0.25) is 0 Å². The maximum Gasteiger partial charge on any atom is 0.306 e. The van der Waals surface area contributed by atoms with Crippen LogP contribution in [0.5, 0.6) is 0 Å². The van der Waals surface area contributed by atoms with E-state index in [4.69, 9.17) is 10.2 Å². The molecule has 104 valence electrons. The number of aliphatic hydroxyl groups excluding tert-OH is 1. The van der Waals surface area contributed by atoms with Gasteiger partial charge in [-0.3, -0.25) is 4.79 Å². The molecule has 0 heterocycles. The van der Waals surface area contributed by atoms with E-state index >= 15 is 0 Å². The molecule has 0 saturated carbocycles. The third kappa shape index (κ3) is 8.07. The van der Waals surface area contributed by atoms with Crippen LogP contribution in [0.4, 0.5) is 0 Å². The highest BCUT2D eigenvalue weighted by molar-refractivity contribution is 5.69. The summed E-state index contributed by atoms with van der Waals surface area (Å²) in [5, 5.41) is 17.7. The molecule has 18 heavy (non-hydrogen) atoms. The molecule has 0 aromatic rings. The van der Waals surface area contributed by atoms with E-state index in [-0.39, 0.29) is 12.5 Å². The Balaban J connectivity index is 4.12. The fourth-order valence-electron chi connectivity index (χ4n) is 1.91. The van der Waals surface area contributed by atoms with Crippen molar-refractivity contribution >= 4 is 5.97 Å². The summed E-state index contributed by atoms with van der Waals surface area (Å²) in [5.74, 6) is -0.728. The van der Waals surface area contributed by atoms with E-state index in [9.17, 15) is 4.79 Å². The molecule has 0 amide bonds. The number of carboxylic acid groups (broad SMARTS) is 1. The minimum absolute atomic E-state index is 0.120. The van der Waals surface area contributed by atoms with E-state index in [0.717, 1.165) is 18.4 Å². The van der Waals surface area contributed by atoms with Crippen LogP contribution in [0.3, 0.4) is 0 Å². The predicted molar refractivity (Wildman–Crippen MR) is 74.4 cm³/mol. The summed E-state index contributed by atoms with van der Waals surface area (Å²) in [7, 11) is 0. The van der Waals surface area contributed by atoms with E-state index in [0.29, 0.717) is 12.3 Å². The Labute approximate surface area is 110 Å². The average molecular weight is 254 g/mol. The van der Waals surface area contributed by atoms with Crippen molar-refractivity contribution in [2.24, 2.45) is 11.8 Å². The molecular weight excluding hydrogens is 228 g/mol. The molecule has 0 fully saturated rings. The topological polar surface area (TPSA) is 57.5 Å². The summed E-state index contributed by atoms with van der Waals surface area (Å²) < 4.78 is 0. The van der Waals surface area contributed by atoms with Gasteiger partial charge in [0, 0.05) is 0 Å². The van der Waals surface area contributed by atoms with Crippen molar-refractivity contribution < 1.29 is 15.0 Å². The highest BCUT2D eigenvalue weighted by Gasteiger charge is 2.13. The van der Waals surface area contributed by atoms with Crippen LogP contribution in [0.1, 0.15) is 47.0 Å². The molecule has 0 aliphatic rings. The number of hydrogen-bond donors (Lipinski definition) is 2. The first kappa shape index (κ1) is 16.9. The van der Waals surface area contributed by atoms with Gasteiger partial charge in [-0.2, -0.15) is 0 Å². The quantitative estimate of drug-likeness (QED) is 0.653. The fourth-order valence-corrected chi connectivity index (χ4v) is 1.91. The molecule has 0 saturated heterocycles. The Morgan fingerprint density at radius 3 is 2.33 bits per heavy atom. The third-order valence-corrected chi connectivity index (χ3v) is 3.00. The maximum atomic E-state index is 10.7. The first-order chi connectivity index (χ1) is 8.36. The van der Waals surface area contributed by atoms with Crippen LogP contribution in [-0.2, 0) is 4.79 Å².